The summed E-state index contributed by atoms with van der Waals surface area (Å²) >= 11 is 0. The third-order valence-electron chi connectivity index (χ3n) is 6.35. The van der Waals surface area contributed by atoms with E-state index in [1.54, 1.807) is 41.5 Å². The fourth-order valence-electron chi connectivity index (χ4n) is 4.33. The van der Waals surface area contributed by atoms with E-state index in [1.165, 1.54) is 0 Å². The van der Waals surface area contributed by atoms with Crippen LogP contribution in [0.5, 0.6) is 0 Å². The SMILES string of the molecule is CC(C)(C)OC(=O)CC[C@H](NC(=O)N[C@@H](CCCCNC(=O)CCc1ccc2ccccc2c1)C(=O)O)C(=O)OC(C)(C)C. The van der Waals surface area contributed by atoms with E-state index in [0.717, 1.165) is 16.3 Å². The van der Waals surface area contributed by atoms with Crippen molar-refractivity contribution in [3.8, 4) is 0 Å². The lowest BCUT2D eigenvalue weighted by Gasteiger charge is -2.25. The first-order valence-electron chi connectivity index (χ1n) is 15.0. The predicted molar refractivity (Wildman–Crippen MR) is 167 cm³/mol. The molecule has 242 valence electrons. The Labute approximate surface area is 259 Å². The van der Waals surface area contributed by atoms with Gasteiger partial charge in [0.15, 0.2) is 0 Å². The van der Waals surface area contributed by atoms with Crippen LogP contribution >= 0.6 is 0 Å². The largest absolute Gasteiger partial charge is 0.480 e. The minimum absolute atomic E-state index is 0.0878. The molecule has 0 aliphatic heterocycles. The predicted octanol–water partition coefficient (Wildman–Crippen LogP) is 4.64. The number of carboxylic acids is 1. The number of carbonyl (C=O) groups excluding carboxylic acids is 4. The van der Waals surface area contributed by atoms with Crippen molar-refractivity contribution in [1.29, 1.82) is 0 Å². The van der Waals surface area contributed by atoms with Gasteiger partial charge in [-0.1, -0.05) is 42.5 Å². The number of nitrogens with one attached hydrogen (secondary N) is 3. The summed E-state index contributed by atoms with van der Waals surface area (Å²) in [6.07, 6.45) is 1.77. The first kappa shape index (κ1) is 36.0. The number of esters is 2. The zero-order chi connectivity index (χ0) is 32.9. The van der Waals surface area contributed by atoms with Gasteiger partial charge in [-0.15, -0.1) is 0 Å². The van der Waals surface area contributed by atoms with Gasteiger partial charge in [-0.2, -0.15) is 0 Å². The van der Waals surface area contributed by atoms with E-state index in [9.17, 15) is 29.1 Å². The van der Waals surface area contributed by atoms with Gasteiger partial charge in [0.1, 0.15) is 23.3 Å². The van der Waals surface area contributed by atoms with Crippen LogP contribution < -0.4 is 16.0 Å². The molecule has 2 atom stereocenters. The first-order valence-corrected chi connectivity index (χ1v) is 15.0. The number of carbonyl (C=O) groups is 5. The van der Waals surface area contributed by atoms with E-state index in [2.05, 4.69) is 22.0 Å². The van der Waals surface area contributed by atoms with Crippen LogP contribution in [-0.4, -0.2) is 64.8 Å². The molecular formula is C33H47N3O8. The highest BCUT2D eigenvalue weighted by atomic mass is 16.6. The van der Waals surface area contributed by atoms with Crippen molar-refractivity contribution >= 4 is 40.6 Å². The Hall–Kier alpha value is -4.15. The molecule has 0 radical (unpaired) electrons. The van der Waals surface area contributed by atoms with Gasteiger partial charge in [0.25, 0.3) is 0 Å². The van der Waals surface area contributed by atoms with Gasteiger partial charge < -0.3 is 30.5 Å². The molecule has 11 heteroatoms. The normalized spacial score (nSPS) is 13.0. The third kappa shape index (κ3) is 14.3. The quantitative estimate of drug-likeness (QED) is 0.167. The molecule has 2 aromatic rings. The Bertz CT molecular complexity index is 1300. The molecule has 0 saturated carbocycles. The zero-order valence-corrected chi connectivity index (χ0v) is 26.7. The Balaban J connectivity index is 1.79. The number of fused-ring (bicyclic) bond motifs is 1. The smallest absolute Gasteiger partial charge is 0.329 e. The Morgan fingerprint density at radius 2 is 1.41 bits per heavy atom. The summed E-state index contributed by atoms with van der Waals surface area (Å²) in [5.74, 6) is -2.62. The third-order valence-corrected chi connectivity index (χ3v) is 6.35. The van der Waals surface area contributed by atoms with Crippen LogP contribution in [0.1, 0.15) is 85.6 Å². The standard InChI is InChI=1S/C33H47N3O8/c1-32(2,3)43-28(38)19-17-26(30(41)44-33(4,5)6)36-31(42)35-25(29(39)40)13-9-10-20-34-27(37)18-15-22-14-16-23-11-7-8-12-24(23)21-22/h7-8,11-12,14,16,21,25-26H,9-10,13,15,17-20H2,1-6H3,(H,34,37)(H,39,40)(H2,35,36,42)/t25-,26-/m0/s1. The molecule has 4 N–H and O–H groups in total. The second-order valence-electron chi connectivity index (χ2n) is 12.7. The maximum absolute atomic E-state index is 12.7. The number of urea groups is 1. The molecule has 0 aromatic heterocycles. The lowest BCUT2D eigenvalue weighted by Crippen LogP contribution is -2.52. The van der Waals surface area contributed by atoms with E-state index in [4.69, 9.17) is 9.47 Å². The second kappa shape index (κ2) is 16.6. The van der Waals surface area contributed by atoms with E-state index in [1.807, 2.05) is 36.4 Å². The summed E-state index contributed by atoms with van der Waals surface area (Å²) in [5.41, 5.74) is -0.473. The number of aliphatic carboxylic acids is 1. The van der Waals surface area contributed by atoms with Crippen LogP contribution in [-0.2, 0) is 35.1 Å². The number of hydrogen-bond acceptors (Lipinski definition) is 7. The molecule has 0 fully saturated rings. The second-order valence-corrected chi connectivity index (χ2v) is 12.7. The molecule has 0 aliphatic carbocycles. The number of aryl methyl sites for hydroxylation is 1. The number of hydrogen-bond donors (Lipinski definition) is 4. The number of benzene rings is 2. The average Bonchev–Trinajstić information content (AvgIpc) is 2.91. The molecule has 2 aromatic carbocycles. The van der Waals surface area contributed by atoms with Gasteiger partial charge in [0, 0.05) is 19.4 Å². The fourth-order valence-corrected chi connectivity index (χ4v) is 4.33. The molecule has 0 heterocycles. The van der Waals surface area contributed by atoms with Crippen molar-refractivity contribution in [1.82, 2.24) is 16.0 Å². The van der Waals surface area contributed by atoms with E-state index >= 15 is 0 Å². The zero-order valence-electron chi connectivity index (χ0n) is 26.7. The summed E-state index contributed by atoms with van der Waals surface area (Å²) in [6.45, 7) is 10.5. The van der Waals surface area contributed by atoms with Gasteiger partial charge in [0.2, 0.25) is 5.91 Å². The molecule has 0 unspecified atom stereocenters. The van der Waals surface area contributed by atoms with Crippen LogP contribution in [0.2, 0.25) is 0 Å². The number of ether oxygens (including phenoxy) is 2. The summed E-state index contributed by atoms with van der Waals surface area (Å²) < 4.78 is 10.6. The highest BCUT2D eigenvalue weighted by Gasteiger charge is 2.29. The van der Waals surface area contributed by atoms with Crippen LogP contribution in [0.25, 0.3) is 10.8 Å². The van der Waals surface area contributed by atoms with Crippen molar-refractivity contribution < 1.29 is 38.6 Å². The molecule has 0 aliphatic rings. The molecule has 2 rings (SSSR count). The molecule has 0 spiro atoms. The lowest BCUT2D eigenvalue weighted by molar-refractivity contribution is -0.158. The maximum Gasteiger partial charge on any atom is 0.329 e. The molecule has 0 bridgehead atoms. The molecular weight excluding hydrogens is 566 g/mol. The summed E-state index contributed by atoms with van der Waals surface area (Å²) in [5, 5.41) is 19.6. The van der Waals surface area contributed by atoms with Crippen molar-refractivity contribution in [2.24, 2.45) is 0 Å². The van der Waals surface area contributed by atoms with Gasteiger partial charge >= 0.3 is 23.9 Å². The number of carboxylic acid groups (broad SMARTS) is 1. The van der Waals surface area contributed by atoms with Crippen molar-refractivity contribution in [2.45, 2.75) is 110 Å². The lowest BCUT2D eigenvalue weighted by atomic mass is 10.0. The Morgan fingerprint density at radius 3 is 2.05 bits per heavy atom. The first-order chi connectivity index (χ1) is 20.5. The fraction of sp³-hybridized carbons (Fsp3) is 0.545. The maximum atomic E-state index is 12.7. The Morgan fingerprint density at radius 1 is 0.773 bits per heavy atom. The van der Waals surface area contributed by atoms with E-state index < -0.39 is 47.2 Å². The highest BCUT2D eigenvalue weighted by molar-refractivity contribution is 5.87. The minimum Gasteiger partial charge on any atom is -0.480 e. The topological polar surface area (TPSA) is 160 Å². The van der Waals surface area contributed by atoms with Crippen molar-refractivity contribution in [2.75, 3.05) is 6.54 Å². The molecule has 44 heavy (non-hydrogen) atoms. The van der Waals surface area contributed by atoms with Crippen LogP contribution in [0.4, 0.5) is 4.79 Å². The van der Waals surface area contributed by atoms with Gasteiger partial charge in [-0.3, -0.25) is 9.59 Å². The molecule has 11 nitrogen and oxygen atoms in total. The van der Waals surface area contributed by atoms with Gasteiger partial charge in [-0.25, -0.2) is 14.4 Å². The Kier molecular flexibility index (Phi) is 13.6. The number of rotatable bonds is 15. The minimum atomic E-state index is -1.23. The summed E-state index contributed by atoms with van der Waals surface area (Å²) in [4.78, 5) is 61.7. The summed E-state index contributed by atoms with van der Waals surface area (Å²) in [6, 6.07) is 10.9. The average molecular weight is 614 g/mol. The number of amides is 3. The summed E-state index contributed by atoms with van der Waals surface area (Å²) in [7, 11) is 0. The van der Waals surface area contributed by atoms with Crippen LogP contribution in [0.15, 0.2) is 42.5 Å². The van der Waals surface area contributed by atoms with E-state index in [-0.39, 0.29) is 25.2 Å². The molecule has 3 amide bonds. The van der Waals surface area contributed by atoms with Crippen molar-refractivity contribution in [3.63, 3.8) is 0 Å². The van der Waals surface area contributed by atoms with E-state index in [0.29, 0.717) is 32.2 Å². The van der Waals surface area contributed by atoms with Gasteiger partial charge in [-0.05, 0) is 90.0 Å². The molecule has 0 saturated heterocycles. The van der Waals surface area contributed by atoms with Gasteiger partial charge in [0.05, 0.1) is 0 Å². The number of unbranched alkanes of at least 4 members (excludes halogenated alkanes) is 1. The van der Waals surface area contributed by atoms with Crippen LogP contribution in [0.3, 0.4) is 0 Å². The van der Waals surface area contributed by atoms with Crippen molar-refractivity contribution in [3.05, 3.63) is 48.0 Å². The monoisotopic (exact) mass is 613 g/mol. The van der Waals surface area contributed by atoms with Crippen LogP contribution in [0, 0.1) is 0 Å². The highest BCUT2D eigenvalue weighted by Crippen LogP contribution is 2.17.